The average molecular weight is 456 g/mol. The molecule has 1 N–H and O–H groups in total. The predicted molar refractivity (Wildman–Crippen MR) is 109 cm³/mol. The number of hydrogen-bond donors (Lipinski definition) is 1. The van der Waals surface area contributed by atoms with Crippen LogP contribution in [0.3, 0.4) is 0 Å². The van der Waals surface area contributed by atoms with Gasteiger partial charge in [-0.2, -0.15) is 13.2 Å². The molecule has 168 valence electrons. The molecule has 0 unspecified atom stereocenters. The summed E-state index contributed by atoms with van der Waals surface area (Å²) in [6.07, 6.45) is 3.52. The second kappa shape index (κ2) is 9.10. The van der Waals surface area contributed by atoms with E-state index < -0.39 is 17.8 Å². The van der Waals surface area contributed by atoms with Gasteiger partial charge in [-0.05, 0) is 36.8 Å². The van der Waals surface area contributed by atoms with Gasteiger partial charge < -0.3 is 0 Å². The highest BCUT2D eigenvalue weighted by Gasteiger charge is 2.36. The third-order valence-corrected chi connectivity index (χ3v) is 4.40. The molecule has 5 aromatic rings. The molecule has 12 heteroatoms. The number of fused-ring (bicyclic) bond motifs is 1. The zero-order chi connectivity index (χ0) is 23.4. The Morgan fingerprint density at radius 2 is 1.73 bits per heavy atom. The molecule has 5 aromatic heterocycles. The number of halogens is 4. The van der Waals surface area contributed by atoms with E-state index in [1.165, 1.54) is 16.5 Å². The number of nitrogens with zero attached hydrogens (tertiary/aromatic N) is 7. The number of aromatic nitrogens is 8. The largest absolute Gasteiger partial charge is 0.451 e. The first-order valence-electron chi connectivity index (χ1n) is 9.60. The number of H-pyrrole nitrogens is 1. The maximum absolute atomic E-state index is 13.7. The molecule has 0 atom stereocenters. The first-order chi connectivity index (χ1) is 15.8. The van der Waals surface area contributed by atoms with Crippen LogP contribution in [0.15, 0.2) is 61.3 Å². The highest BCUT2D eigenvalue weighted by molar-refractivity contribution is 5.62. The quantitative estimate of drug-likeness (QED) is 0.412. The molecule has 8 nitrogen and oxygen atoms in total. The van der Waals surface area contributed by atoms with Crippen molar-refractivity contribution >= 4 is 5.52 Å². The monoisotopic (exact) mass is 456 g/mol. The summed E-state index contributed by atoms with van der Waals surface area (Å²) in [4.78, 5) is 19.8. The summed E-state index contributed by atoms with van der Waals surface area (Å²) in [5, 5.41) is 5.41. The third-order valence-electron chi connectivity index (χ3n) is 4.40. The molecule has 0 aromatic carbocycles. The Morgan fingerprint density at radius 1 is 1.00 bits per heavy atom. The molecule has 0 aliphatic rings. The molecular weight excluding hydrogens is 440 g/mol. The van der Waals surface area contributed by atoms with Crippen molar-refractivity contribution in [1.82, 2.24) is 39.5 Å². The van der Waals surface area contributed by atoms with E-state index >= 15 is 0 Å². The number of hydrogen-bond acceptors (Lipinski definition) is 6. The first-order valence-corrected chi connectivity index (χ1v) is 9.60. The van der Waals surface area contributed by atoms with Crippen LogP contribution in [0.4, 0.5) is 17.6 Å². The summed E-state index contributed by atoms with van der Waals surface area (Å²) in [7, 11) is 0. The highest BCUT2D eigenvalue weighted by Crippen LogP contribution is 2.28. The van der Waals surface area contributed by atoms with Crippen LogP contribution in [-0.4, -0.2) is 39.5 Å². The molecule has 0 spiro atoms. The predicted octanol–water partition coefficient (Wildman–Crippen LogP) is 4.05. The van der Waals surface area contributed by atoms with Crippen molar-refractivity contribution in [3.05, 3.63) is 90.0 Å². The lowest BCUT2D eigenvalue weighted by Crippen LogP contribution is -2.07. The number of alkyl halides is 3. The topological polar surface area (TPSA) is 97.5 Å². The van der Waals surface area contributed by atoms with Crippen LogP contribution >= 0.6 is 0 Å². The van der Waals surface area contributed by atoms with Crippen molar-refractivity contribution in [3.8, 4) is 11.6 Å². The lowest BCUT2D eigenvalue weighted by molar-refractivity contribution is -0.144. The van der Waals surface area contributed by atoms with Gasteiger partial charge in [0.05, 0.1) is 11.2 Å². The van der Waals surface area contributed by atoms with Crippen LogP contribution in [0.2, 0.25) is 0 Å². The van der Waals surface area contributed by atoms with Gasteiger partial charge in [-0.1, -0.05) is 6.07 Å². The van der Waals surface area contributed by atoms with Crippen molar-refractivity contribution in [3.63, 3.8) is 0 Å². The molecule has 0 saturated heterocycles. The molecule has 5 rings (SSSR count). The van der Waals surface area contributed by atoms with E-state index in [1.807, 2.05) is 23.3 Å². The van der Waals surface area contributed by atoms with Crippen LogP contribution in [0.5, 0.6) is 0 Å². The number of aromatic amines is 1. The third kappa shape index (κ3) is 5.17. The standard InChI is InChI=1S/C16H11F4N7.C5H5N/c1-8-21-5-9(6-22-8)4-11-12-3-2-10(17)7-27(12)14(23-11)13-24-15(26-25-13)16(18,19)20;1-2-4-6-5-3-1/h2-3,5-7H,4H2,1H3,(H,24,25,26);1-5H. The number of nitrogens with one attached hydrogen (secondary N) is 1. The van der Waals surface area contributed by atoms with Crippen LogP contribution in [0.25, 0.3) is 17.2 Å². The summed E-state index contributed by atoms with van der Waals surface area (Å²) in [6.45, 7) is 1.75. The van der Waals surface area contributed by atoms with E-state index in [1.54, 1.807) is 31.7 Å². The summed E-state index contributed by atoms with van der Waals surface area (Å²) >= 11 is 0. The summed E-state index contributed by atoms with van der Waals surface area (Å²) in [5.41, 5.74) is 1.78. The lowest BCUT2D eigenvalue weighted by atomic mass is 10.1. The molecule has 0 bridgehead atoms. The van der Waals surface area contributed by atoms with Gasteiger partial charge in [0.1, 0.15) is 11.6 Å². The molecule has 0 aliphatic carbocycles. The second-order valence-electron chi connectivity index (χ2n) is 6.83. The number of pyridine rings is 2. The SMILES string of the molecule is Cc1ncc(Cc2nc(-c3n[nH]c(C(F)(F)F)n3)n3cc(F)ccc23)cn1.c1ccncc1. The van der Waals surface area contributed by atoms with E-state index in [-0.39, 0.29) is 11.6 Å². The van der Waals surface area contributed by atoms with E-state index in [4.69, 9.17) is 0 Å². The molecule has 0 saturated carbocycles. The van der Waals surface area contributed by atoms with Gasteiger partial charge in [0.2, 0.25) is 11.6 Å². The summed E-state index contributed by atoms with van der Waals surface area (Å²) in [6, 6.07) is 8.45. The fraction of sp³-hybridized carbons (Fsp3) is 0.143. The normalized spacial score (nSPS) is 11.3. The Kier molecular flexibility index (Phi) is 6.07. The zero-order valence-corrected chi connectivity index (χ0v) is 17.1. The van der Waals surface area contributed by atoms with Crippen LogP contribution in [0.1, 0.15) is 22.9 Å². The van der Waals surface area contributed by atoms with Gasteiger partial charge in [-0.3, -0.25) is 14.5 Å². The van der Waals surface area contributed by atoms with Crippen LogP contribution in [-0.2, 0) is 12.6 Å². The van der Waals surface area contributed by atoms with Crippen molar-refractivity contribution in [2.24, 2.45) is 0 Å². The number of aryl methyl sites for hydroxylation is 1. The highest BCUT2D eigenvalue weighted by atomic mass is 19.4. The number of rotatable bonds is 3. The minimum Gasteiger partial charge on any atom is -0.294 e. The molecule has 5 heterocycles. The summed E-state index contributed by atoms with van der Waals surface area (Å²) < 4.78 is 53.4. The van der Waals surface area contributed by atoms with E-state index in [2.05, 4.69) is 30.0 Å². The van der Waals surface area contributed by atoms with Gasteiger partial charge >= 0.3 is 6.18 Å². The smallest absolute Gasteiger partial charge is 0.294 e. The molecule has 0 aliphatic heterocycles. The fourth-order valence-electron chi connectivity index (χ4n) is 2.92. The molecule has 0 fully saturated rings. The van der Waals surface area contributed by atoms with Gasteiger partial charge in [0.15, 0.2) is 5.82 Å². The zero-order valence-electron chi connectivity index (χ0n) is 17.1. The van der Waals surface area contributed by atoms with Gasteiger partial charge in [-0.25, -0.2) is 24.3 Å². The average Bonchev–Trinajstić information content (AvgIpc) is 3.42. The fourth-order valence-corrected chi connectivity index (χ4v) is 2.92. The Labute approximate surface area is 184 Å². The van der Waals surface area contributed by atoms with E-state index in [0.717, 1.165) is 11.8 Å². The minimum absolute atomic E-state index is 0.000667. The molecule has 33 heavy (non-hydrogen) atoms. The Hall–Kier alpha value is -4.22. The summed E-state index contributed by atoms with van der Waals surface area (Å²) in [5.74, 6) is -1.50. The van der Waals surface area contributed by atoms with Gasteiger partial charge in [-0.15, -0.1) is 5.10 Å². The van der Waals surface area contributed by atoms with E-state index in [9.17, 15) is 17.6 Å². The minimum atomic E-state index is -4.67. The molecule has 0 amide bonds. The number of imidazole rings is 1. The first kappa shape index (κ1) is 22.0. The van der Waals surface area contributed by atoms with Crippen LogP contribution in [0, 0.1) is 12.7 Å². The maximum Gasteiger partial charge on any atom is 0.451 e. The van der Waals surface area contributed by atoms with Crippen molar-refractivity contribution < 1.29 is 17.6 Å². The Morgan fingerprint density at radius 3 is 2.30 bits per heavy atom. The van der Waals surface area contributed by atoms with Crippen molar-refractivity contribution in [2.45, 2.75) is 19.5 Å². The Bertz CT molecular complexity index is 1320. The Balaban J connectivity index is 0.000000376. The van der Waals surface area contributed by atoms with Crippen molar-refractivity contribution in [2.75, 3.05) is 0 Å². The van der Waals surface area contributed by atoms with Gasteiger partial charge in [0.25, 0.3) is 0 Å². The lowest BCUT2D eigenvalue weighted by Gasteiger charge is -2.00. The van der Waals surface area contributed by atoms with E-state index in [0.29, 0.717) is 23.5 Å². The molecular formula is C21H16F4N8. The second-order valence-corrected chi connectivity index (χ2v) is 6.83. The molecule has 0 radical (unpaired) electrons. The maximum atomic E-state index is 13.7. The van der Waals surface area contributed by atoms with Gasteiger partial charge in [0, 0.05) is 37.4 Å². The van der Waals surface area contributed by atoms with Crippen LogP contribution < -0.4 is 0 Å². The van der Waals surface area contributed by atoms with Crippen molar-refractivity contribution in [1.29, 1.82) is 0 Å².